The van der Waals surface area contributed by atoms with Crippen molar-refractivity contribution in [1.29, 1.82) is 0 Å². The van der Waals surface area contributed by atoms with Gasteiger partial charge in [-0.15, -0.1) is 0 Å². The van der Waals surface area contributed by atoms with Crippen LogP contribution in [0.1, 0.15) is 56.4 Å². The Kier molecular flexibility index (Phi) is 5.26. The van der Waals surface area contributed by atoms with Gasteiger partial charge in [0.25, 0.3) is 0 Å². The number of halogens is 1. The minimum Gasteiger partial charge on any atom is -0.377 e. The van der Waals surface area contributed by atoms with Gasteiger partial charge in [0.1, 0.15) is 5.82 Å². The molecule has 0 aromatic heterocycles. The van der Waals surface area contributed by atoms with Gasteiger partial charge in [0.15, 0.2) is 0 Å². The minimum atomic E-state index is -0.121. The third-order valence-corrected chi connectivity index (χ3v) is 4.90. The Morgan fingerprint density at radius 1 is 1.14 bits per heavy atom. The maximum atomic E-state index is 13.2. The maximum Gasteiger partial charge on any atom is 0.123 e. The highest BCUT2D eigenvalue weighted by Gasteiger charge is 2.29. The first-order valence-electron chi connectivity index (χ1n) is 8.42. The lowest BCUT2D eigenvalue weighted by atomic mass is 9.76. The predicted molar refractivity (Wildman–Crippen MR) is 83.0 cm³/mol. The molecule has 0 aliphatic heterocycles. The van der Waals surface area contributed by atoms with Crippen LogP contribution in [-0.2, 0) is 4.74 Å². The molecule has 1 aromatic carbocycles. The summed E-state index contributed by atoms with van der Waals surface area (Å²) in [7, 11) is 0. The van der Waals surface area contributed by atoms with Gasteiger partial charge >= 0.3 is 0 Å². The summed E-state index contributed by atoms with van der Waals surface area (Å²) < 4.78 is 19.1. The Balaban J connectivity index is 1.28. The van der Waals surface area contributed by atoms with E-state index in [1.54, 1.807) is 6.07 Å². The SMILES string of the molecule is Fc1cccc(C2CC(NCCOC3CCCCC3)C2)c1. The molecule has 21 heavy (non-hydrogen) atoms. The summed E-state index contributed by atoms with van der Waals surface area (Å²) in [4.78, 5) is 0. The first kappa shape index (κ1) is 15.0. The van der Waals surface area contributed by atoms with E-state index in [1.165, 1.54) is 38.2 Å². The lowest BCUT2D eigenvalue weighted by Gasteiger charge is -2.36. The van der Waals surface area contributed by atoms with E-state index in [-0.39, 0.29) is 5.82 Å². The lowest BCUT2D eigenvalue weighted by molar-refractivity contribution is 0.0280. The smallest absolute Gasteiger partial charge is 0.123 e. The molecule has 3 rings (SSSR count). The molecule has 1 N–H and O–H groups in total. The molecule has 2 aliphatic rings. The molecule has 0 atom stereocenters. The van der Waals surface area contributed by atoms with Crippen LogP contribution in [0.3, 0.4) is 0 Å². The van der Waals surface area contributed by atoms with Crippen LogP contribution in [0.4, 0.5) is 4.39 Å². The fourth-order valence-electron chi connectivity index (χ4n) is 3.54. The van der Waals surface area contributed by atoms with E-state index in [2.05, 4.69) is 5.32 Å². The van der Waals surface area contributed by atoms with Crippen molar-refractivity contribution in [3.8, 4) is 0 Å². The second-order valence-electron chi connectivity index (χ2n) is 6.51. The lowest BCUT2D eigenvalue weighted by Crippen LogP contribution is -2.41. The zero-order valence-corrected chi connectivity index (χ0v) is 12.7. The zero-order chi connectivity index (χ0) is 14.5. The van der Waals surface area contributed by atoms with E-state index in [9.17, 15) is 4.39 Å². The normalized spacial score (nSPS) is 26.5. The third kappa shape index (κ3) is 4.27. The molecule has 2 nitrogen and oxygen atoms in total. The van der Waals surface area contributed by atoms with Crippen LogP contribution in [0.25, 0.3) is 0 Å². The van der Waals surface area contributed by atoms with Gasteiger partial charge in [-0.1, -0.05) is 31.4 Å². The van der Waals surface area contributed by atoms with Crippen molar-refractivity contribution >= 4 is 0 Å². The van der Waals surface area contributed by atoms with Crippen LogP contribution in [0.2, 0.25) is 0 Å². The van der Waals surface area contributed by atoms with Gasteiger partial charge in [0.2, 0.25) is 0 Å². The van der Waals surface area contributed by atoms with E-state index in [0.717, 1.165) is 31.6 Å². The van der Waals surface area contributed by atoms with Crippen LogP contribution in [0.5, 0.6) is 0 Å². The average molecular weight is 291 g/mol. The van der Waals surface area contributed by atoms with Crippen LogP contribution < -0.4 is 5.32 Å². The van der Waals surface area contributed by atoms with Crippen LogP contribution in [0, 0.1) is 5.82 Å². The number of nitrogens with one attached hydrogen (secondary N) is 1. The Morgan fingerprint density at radius 2 is 1.95 bits per heavy atom. The van der Waals surface area contributed by atoms with E-state index < -0.39 is 0 Å². The standard InChI is InChI=1S/C18H26FNO/c19-16-6-4-5-14(11-16)15-12-17(13-15)20-9-10-21-18-7-2-1-3-8-18/h4-6,11,15,17-18,20H,1-3,7-10,12-13H2. The van der Waals surface area contributed by atoms with Crippen molar-refractivity contribution in [3.63, 3.8) is 0 Å². The summed E-state index contributed by atoms with van der Waals surface area (Å²) in [5.41, 5.74) is 1.14. The largest absolute Gasteiger partial charge is 0.377 e. The molecular weight excluding hydrogens is 265 g/mol. The first-order valence-corrected chi connectivity index (χ1v) is 8.42. The highest BCUT2D eigenvalue weighted by molar-refractivity contribution is 5.23. The summed E-state index contributed by atoms with van der Waals surface area (Å²) in [5.74, 6) is 0.405. The van der Waals surface area contributed by atoms with E-state index in [1.807, 2.05) is 12.1 Å². The van der Waals surface area contributed by atoms with Crippen LogP contribution in [-0.4, -0.2) is 25.3 Å². The van der Waals surface area contributed by atoms with E-state index in [4.69, 9.17) is 4.74 Å². The van der Waals surface area contributed by atoms with Crippen LogP contribution in [0.15, 0.2) is 24.3 Å². The van der Waals surface area contributed by atoms with Crippen molar-refractivity contribution in [2.24, 2.45) is 0 Å². The second-order valence-corrected chi connectivity index (χ2v) is 6.51. The quantitative estimate of drug-likeness (QED) is 0.800. The highest BCUT2D eigenvalue weighted by atomic mass is 19.1. The van der Waals surface area contributed by atoms with Crippen molar-refractivity contribution in [2.45, 2.75) is 63.0 Å². The fraction of sp³-hybridized carbons (Fsp3) is 0.667. The monoisotopic (exact) mass is 291 g/mol. The van der Waals surface area contributed by atoms with Gasteiger partial charge in [-0.05, 0) is 49.3 Å². The maximum absolute atomic E-state index is 13.2. The molecule has 0 heterocycles. The second kappa shape index (κ2) is 7.37. The summed E-state index contributed by atoms with van der Waals surface area (Å²) in [6.45, 7) is 1.77. The van der Waals surface area contributed by atoms with Gasteiger partial charge in [-0.2, -0.15) is 0 Å². The molecule has 0 radical (unpaired) electrons. The molecular formula is C18H26FNO. The molecule has 116 valence electrons. The molecule has 2 fully saturated rings. The van der Waals surface area contributed by atoms with E-state index in [0.29, 0.717) is 18.1 Å². The van der Waals surface area contributed by atoms with Crippen molar-refractivity contribution < 1.29 is 9.13 Å². The molecule has 0 spiro atoms. The molecule has 1 aromatic rings. The molecule has 0 amide bonds. The summed E-state index contributed by atoms with van der Waals surface area (Å²) >= 11 is 0. The number of ether oxygens (including phenoxy) is 1. The summed E-state index contributed by atoms with van der Waals surface area (Å²) in [6, 6.07) is 7.61. The fourth-order valence-corrected chi connectivity index (χ4v) is 3.54. The average Bonchev–Trinajstić information content (AvgIpc) is 2.46. The number of rotatable bonds is 6. The minimum absolute atomic E-state index is 0.121. The number of benzene rings is 1. The van der Waals surface area contributed by atoms with E-state index >= 15 is 0 Å². The van der Waals surface area contributed by atoms with Gasteiger partial charge in [-0.3, -0.25) is 0 Å². The Hall–Kier alpha value is -0.930. The Morgan fingerprint density at radius 3 is 2.71 bits per heavy atom. The summed E-state index contributed by atoms with van der Waals surface area (Å²) in [5, 5.41) is 3.55. The van der Waals surface area contributed by atoms with Crippen LogP contribution >= 0.6 is 0 Å². The highest BCUT2D eigenvalue weighted by Crippen LogP contribution is 2.36. The number of hydrogen-bond donors (Lipinski definition) is 1. The zero-order valence-electron chi connectivity index (χ0n) is 12.7. The molecule has 2 saturated carbocycles. The molecule has 0 unspecified atom stereocenters. The first-order chi connectivity index (χ1) is 10.3. The van der Waals surface area contributed by atoms with Gasteiger partial charge < -0.3 is 10.1 Å². The molecule has 0 bridgehead atoms. The predicted octanol–water partition coefficient (Wildman–Crippen LogP) is 4.01. The Labute approximate surface area is 127 Å². The van der Waals surface area contributed by atoms with Gasteiger partial charge in [0.05, 0.1) is 12.7 Å². The molecule has 0 saturated heterocycles. The third-order valence-electron chi connectivity index (χ3n) is 4.90. The van der Waals surface area contributed by atoms with Gasteiger partial charge in [0, 0.05) is 12.6 Å². The van der Waals surface area contributed by atoms with Crippen molar-refractivity contribution in [1.82, 2.24) is 5.32 Å². The van der Waals surface area contributed by atoms with Gasteiger partial charge in [-0.25, -0.2) is 4.39 Å². The summed E-state index contributed by atoms with van der Waals surface area (Å²) in [6.07, 6.45) is 9.26. The molecule has 2 aliphatic carbocycles. The Bertz CT molecular complexity index is 439. The van der Waals surface area contributed by atoms with Crippen molar-refractivity contribution in [3.05, 3.63) is 35.6 Å². The molecule has 3 heteroatoms. The van der Waals surface area contributed by atoms with Crippen molar-refractivity contribution in [2.75, 3.05) is 13.2 Å². The topological polar surface area (TPSA) is 21.3 Å². The number of hydrogen-bond acceptors (Lipinski definition) is 2.